The zero-order valence-corrected chi connectivity index (χ0v) is 16.0. The summed E-state index contributed by atoms with van der Waals surface area (Å²) in [5, 5.41) is 6.25. The lowest BCUT2D eigenvalue weighted by atomic mass is 10.0. The maximum atomic E-state index is 12.5. The molecule has 5 nitrogen and oxygen atoms in total. The second-order valence-corrected chi connectivity index (χ2v) is 6.54. The number of nitrogens with one attached hydrogen (secondary N) is 2. The Bertz CT molecular complexity index is 943. The van der Waals surface area contributed by atoms with Crippen LogP contribution in [0.5, 0.6) is 5.75 Å². The molecule has 0 atom stereocenters. The van der Waals surface area contributed by atoms with E-state index in [4.69, 9.17) is 4.74 Å². The summed E-state index contributed by atoms with van der Waals surface area (Å²) in [7, 11) is 1.61. The largest absolute Gasteiger partial charge is 0.497 e. The Balaban J connectivity index is 1.77. The Kier molecular flexibility index (Phi) is 5.41. The van der Waals surface area contributed by atoms with Crippen LogP contribution in [0.4, 0.5) is 17.1 Å². The Morgan fingerprint density at radius 3 is 2.22 bits per heavy atom. The lowest BCUT2D eigenvalue weighted by Crippen LogP contribution is -2.12. The third-order valence-corrected chi connectivity index (χ3v) is 4.29. The lowest BCUT2D eigenvalue weighted by Gasteiger charge is -2.14. The summed E-state index contributed by atoms with van der Waals surface area (Å²) in [6.07, 6.45) is 3.27. The third kappa shape index (κ3) is 4.44. The fraction of sp³-hybridized carbons (Fsp3) is 0.182. The molecule has 3 rings (SSSR count). The molecule has 5 heteroatoms. The van der Waals surface area contributed by atoms with Gasteiger partial charge in [-0.25, -0.2) is 0 Å². The van der Waals surface area contributed by atoms with E-state index in [1.807, 2.05) is 0 Å². The third-order valence-electron chi connectivity index (χ3n) is 4.29. The Morgan fingerprint density at radius 1 is 0.926 bits per heavy atom. The second kappa shape index (κ2) is 7.91. The molecule has 0 saturated heterocycles. The molecule has 1 aromatic heterocycles. The molecular weight excluding hydrogens is 338 g/mol. The van der Waals surface area contributed by atoms with E-state index >= 15 is 0 Å². The van der Waals surface area contributed by atoms with Crippen molar-refractivity contribution < 1.29 is 9.53 Å². The van der Waals surface area contributed by atoms with Crippen molar-refractivity contribution in [3.63, 3.8) is 0 Å². The quantitative estimate of drug-likeness (QED) is 0.670. The van der Waals surface area contributed by atoms with Crippen molar-refractivity contribution in [1.29, 1.82) is 0 Å². The SMILES string of the molecule is COc1ccc(NC(=O)c2cncc(Nc3c(C)cc(C)cc3C)c2)cc1. The number of methoxy groups -OCH3 is 1. The number of benzene rings is 2. The Labute approximate surface area is 159 Å². The first-order valence-electron chi connectivity index (χ1n) is 8.71. The van der Waals surface area contributed by atoms with E-state index in [-0.39, 0.29) is 5.91 Å². The van der Waals surface area contributed by atoms with Gasteiger partial charge in [-0.3, -0.25) is 9.78 Å². The molecule has 1 heterocycles. The molecule has 0 spiro atoms. The number of carbonyl (C=O) groups is 1. The summed E-state index contributed by atoms with van der Waals surface area (Å²) in [4.78, 5) is 16.7. The summed E-state index contributed by atoms with van der Waals surface area (Å²) in [6, 6.07) is 13.2. The molecule has 27 heavy (non-hydrogen) atoms. The summed E-state index contributed by atoms with van der Waals surface area (Å²) in [6.45, 7) is 6.21. The maximum absolute atomic E-state index is 12.5. The van der Waals surface area contributed by atoms with Gasteiger partial charge < -0.3 is 15.4 Å². The van der Waals surface area contributed by atoms with Crippen LogP contribution < -0.4 is 15.4 Å². The molecule has 138 valence electrons. The van der Waals surface area contributed by atoms with Crippen LogP contribution in [0.25, 0.3) is 0 Å². The predicted octanol–water partition coefficient (Wildman–Crippen LogP) is 5.01. The van der Waals surface area contributed by atoms with Gasteiger partial charge in [-0.2, -0.15) is 0 Å². The summed E-state index contributed by atoms with van der Waals surface area (Å²) >= 11 is 0. The predicted molar refractivity (Wildman–Crippen MR) is 109 cm³/mol. The van der Waals surface area contributed by atoms with Gasteiger partial charge in [0.05, 0.1) is 24.6 Å². The average Bonchev–Trinajstić information content (AvgIpc) is 2.65. The van der Waals surface area contributed by atoms with Gasteiger partial charge in [0.1, 0.15) is 5.75 Å². The number of anilines is 3. The van der Waals surface area contributed by atoms with Crippen molar-refractivity contribution in [3.05, 3.63) is 77.1 Å². The van der Waals surface area contributed by atoms with Gasteiger partial charge in [-0.05, 0) is 62.2 Å². The molecule has 0 radical (unpaired) electrons. The number of carbonyl (C=O) groups excluding carboxylic acids is 1. The van der Waals surface area contributed by atoms with Gasteiger partial charge in [0, 0.05) is 17.6 Å². The van der Waals surface area contributed by atoms with Gasteiger partial charge in [0.2, 0.25) is 0 Å². The van der Waals surface area contributed by atoms with Crippen molar-refractivity contribution in [2.75, 3.05) is 17.7 Å². The van der Waals surface area contributed by atoms with E-state index in [0.29, 0.717) is 11.3 Å². The number of hydrogen-bond donors (Lipinski definition) is 2. The minimum Gasteiger partial charge on any atom is -0.497 e. The minimum atomic E-state index is -0.214. The van der Waals surface area contributed by atoms with E-state index in [1.165, 1.54) is 5.56 Å². The number of aryl methyl sites for hydroxylation is 3. The highest BCUT2D eigenvalue weighted by Crippen LogP contribution is 2.26. The summed E-state index contributed by atoms with van der Waals surface area (Å²) < 4.78 is 5.13. The molecule has 0 bridgehead atoms. The van der Waals surface area contributed by atoms with E-state index in [2.05, 4.69) is 48.5 Å². The van der Waals surface area contributed by atoms with Crippen LogP contribution in [0, 0.1) is 20.8 Å². The van der Waals surface area contributed by atoms with Gasteiger partial charge in [0.25, 0.3) is 5.91 Å². The summed E-state index contributed by atoms with van der Waals surface area (Å²) in [5.74, 6) is 0.526. The van der Waals surface area contributed by atoms with Crippen molar-refractivity contribution in [1.82, 2.24) is 4.98 Å². The maximum Gasteiger partial charge on any atom is 0.257 e. The van der Waals surface area contributed by atoms with Crippen LogP contribution in [-0.2, 0) is 0 Å². The number of rotatable bonds is 5. The first-order chi connectivity index (χ1) is 13.0. The smallest absolute Gasteiger partial charge is 0.257 e. The van der Waals surface area contributed by atoms with Gasteiger partial charge >= 0.3 is 0 Å². The number of nitrogens with zero attached hydrogens (tertiary/aromatic N) is 1. The first kappa shape index (κ1) is 18.5. The highest BCUT2D eigenvalue weighted by Gasteiger charge is 2.10. The van der Waals surface area contributed by atoms with Crippen LogP contribution in [0.3, 0.4) is 0 Å². The molecule has 2 N–H and O–H groups in total. The molecule has 0 unspecified atom stereocenters. The van der Waals surface area contributed by atoms with Crippen LogP contribution >= 0.6 is 0 Å². The Hall–Kier alpha value is -3.34. The summed E-state index contributed by atoms with van der Waals surface area (Å²) in [5.41, 5.74) is 6.52. The van der Waals surface area contributed by atoms with Gasteiger partial charge in [-0.1, -0.05) is 17.7 Å². The van der Waals surface area contributed by atoms with Gasteiger partial charge in [-0.15, -0.1) is 0 Å². The molecule has 0 saturated carbocycles. The zero-order chi connectivity index (χ0) is 19.4. The number of pyridine rings is 1. The molecular formula is C22H23N3O2. The molecule has 0 aliphatic heterocycles. The van der Waals surface area contributed by atoms with Crippen molar-refractivity contribution in [3.8, 4) is 5.75 Å². The van der Waals surface area contributed by atoms with Crippen LogP contribution in [0.2, 0.25) is 0 Å². The van der Waals surface area contributed by atoms with Crippen LogP contribution in [0.1, 0.15) is 27.0 Å². The average molecular weight is 361 g/mol. The molecule has 2 aromatic carbocycles. The van der Waals surface area contributed by atoms with Crippen molar-refractivity contribution in [2.45, 2.75) is 20.8 Å². The van der Waals surface area contributed by atoms with E-state index in [0.717, 1.165) is 28.3 Å². The minimum absolute atomic E-state index is 0.214. The first-order valence-corrected chi connectivity index (χ1v) is 8.71. The Morgan fingerprint density at radius 2 is 1.59 bits per heavy atom. The highest BCUT2D eigenvalue weighted by atomic mass is 16.5. The van der Waals surface area contributed by atoms with Gasteiger partial charge in [0.15, 0.2) is 0 Å². The molecule has 3 aromatic rings. The zero-order valence-electron chi connectivity index (χ0n) is 16.0. The van der Waals surface area contributed by atoms with E-state index < -0.39 is 0 Å². The normalized spacial score (nSPS) is 10.4. The topological polar surface area (TPSA) is 63.2 Å². The standard InChI is InChI=1S/C22H23N3O2/c1-14-9-15(2)21(16(3)10-14)24-19-11-17(12-23-13-19)22(26)25-18-5-7-20(27-4)8-6-18/h5-13,24H,1-4H3,(H,25,26). The fourth-order valence-corrected chi connectivity index (χ4v) is 3.03. The second-order valence-electron chi connectivity index (χ2n) is 6.54. The lowest BCUT2D eigenvalue weighted by molar-refractivity contribution is 0.102. The number of aromatic nitrogens is 1. The number of hydrogen-bond acceptors (Lipinski definition) is 4. The van der Waals surface area contributed by atoms with Crippen molar-refractivity contribution in [2.24, 2.45) is 0 Å². The monoisotopic (exact) mass is 361 g/mol. The van der Waals surface area contributed by atoms with Crippen molar-refractivity contribution >= 4 is 23.0 Å². The van der Waals surface area contributed by atoms with E-state index in [1.54, 1.807) is 49.8 Å². The van der Waals surface area contributed by atoms with Crippen LogP contribution in [0.15, 0.2) is 54.9 Å². The fourth-order valence-electron chi connectivity index (χ4n) is 3.03. The number of amides is 1. The molecule has 1 amide bonds. The molecule has 0 aliphatic rings. The molecule has 0 fully saturated rings. The van der Waals surface area contributed by atoms with E-state index in [9.17, 15) is 4.79 Å². The number of ether oxygens (including phenoxy) is 1. The highest BCUT2D eigenvalue weighted by molar-refractivity contribution is 6.04. The van der Waals surface area contributed by atoms with Crippen LogP contribution in [-0.4, -0.2) is 18.0 Å². The molecule has 0 aliphatic carbocycles.